The monoisotopic (exact) mass is 204 g/mol. The lowest BCUT2D eigenvalue weighted by Gasteiger charge is -2.15. The third-order valence-electron chi connectivity index (χ3n) is 1.31. The van der Waals surface area contributed by atoms with E-state index < -0.39 is 18.1 Å². The second kappa shape index (κ2) is 6.83. The summed E-state index contributed by atoms with van der Waals surface area (Å²) in [4.78, 5) is 0. The zero-order valence-corrected chi connectivity index (χ0v) is 10.8. The molecule has 0 aliphatic carbocycles. The van der Waals surface area contributed by atoms with Crippen LogP contribution in [-0.2, 0) is 8.85 Å². The molecule has 2 radical (unpaired) electrons. The van der Waals surface area contributed by atoms with Crippen molar-refractivity contribution in [3.63, 3.8) is 0 Å². The quantitative estimate of drug-likeness (QED) is 0.617. The van der Waals surface area contributed by atoms with Crippen LogP contribution in [0.3, 0.4) is 0 Å². The summed E-state index contributed by atoms with van der Waals surface area (Å²) in [6, 6.07) is 0. The molecule has 4 heteroatoms. The smallest absolute Gasteiger partial charge is 0.204 e. The second-order valence-electron chi connectivity index (χ2n) is 3.54. The lowest BCUT2D eigenvalue weighted by atomic mass is 10.2. The molecule has 72 valence electrons. The Labute approximate surface area is 79.7 Å². The van der Waals surface area contributed by atoms with Gasteiger partial charge in [-0.15, -0.1) is 0 Å². The van der Waals surface area contributed by atoms with Crippen LogP contribution < -0.4 is 0 Å². The van der Waals surface area contributed by atoms with Crippen molar-refractivity contribution >= 4 is 18.1 Å². The van der Waals surface area contributed by atoms with Gasteiger partial charge in [0.1, 0.15) is 0 Å². The molecule has 0 aromatic rings. The van der Waals surface area contributed by atoms with Crippen LogP contribution in [0.4, 0.5) is 0 Å². The lowest BCUT2D eigenvalue weighted by molar-refractivity contribution is 0.191. The summed E-state index contributed by atoms with van der Waals surface area (Å²) in [6.45, 7) is 12.5. The van der Waals surface area contributed by atoms with Crippen LogP contribution in [0.1, 0.15) is 6.92 Å². The first-order chi connectivity index (χ1) is 5.52. The molecular formula is C8H20O2Si2. The van der Waals surface area contributed by atoms with E-state index in [1.807, 2.05) is 0 Å². The van der Waals surface area contributed by atoms with E-state index >= 15 is 0 Å². The van der Waals surface area contributed by atoms with Crippen molar-refractivity contribution in [1.82, 2.24) is 0 Å². The van der Waals surface area contributed by atoms with Gasteiger partial charge in [0.15, 0.2) is 0 Å². The molecule has 0 rings (SSSR count). The molecule has 0 spiro atoms. The van der Waals surface area contributed by atoms with Gasteiger partial charge in [-0.25, -0.2) is 0 Å². The normalized spacial score (nSPS) is 12.0. The van der Waals surface area contributed by atoms with Crippen molar-refractivity contribution in [3.05, 3.63) is 0 Å². The molecule has 0 aliphatic rings. The number of hydrogen-bond acceptors (Lipinski definition) is 2. The van der Waals surface area contributed by atoms with E-state index in [0.29, 0.717) is 5.92 Å². The van der Waals surface area contributed by atoms with Gasteiger partial charge in [-0.2, -0.15) is 0 Å². The van der Waals surface area contributed by atoms with Gasteiger partial charge in [-0.1, -0.05) is 6.92 Å². The Kier molecular flexibility index (Phi) is 7.03. The molecule has 0 aliphatic heterocycles. The average molecular weight is 204 g/mol. The van der Waals surface area contributed by atoms with Gasteiger partial charge in [-0.05, 0) is 26.2 Å². The fraction of sp³-hybridized carbons (Fsp3) is 1.00. The maximum absolute atomic E-state index is 5.57. The first-order valence-corrected chi connectivity index (χ1v) is 9.20. The van der Waals surface area contributed by atoms with Crippen LogP contribution in [-0.4, -0.2) is 31.3 Å². The highest BCUT2D eigenvalue weighted by Gasteiger charge is 2.06. The Morgan fingerprint density at radius 1 is 0.917 bits per heavy atom. The summed E-state index contributed by atoms with van der Waals surface area (Å²) in [6.07, 6.45) is 0. The first-order valence-electron chi connectivity index (χ1n) is 4.38. The second-order valence-corrected chi connectivity index (χ2v) is 7.75. The van der Waals surface area contributed by atoms with Crippen molar-refractivity contribution in [2.45, 2.75) is 33.1 Å². The largest absolute Gasteiger partial charge is 0.417 e. The highest BCUT2D eigenvalue weighted by Crippen LogP contribution is 1.99. The molecule has 2 nitrogen and oxygen atoms in total. The Morgan fingerprint density at radius 2 is 1.25 bits per heavy atom. The van der Waals surface area contributed by atoms with Gasteiger partial charge in [0.2, 0.25) is 18.1 Å². The Balaban J connectivity index is 3.27. The van der Waals surface area contributed by atoms with Gasteiger partial charge in [0.25, 0.3) is 0 Å². The van der Waals surface area contributed by atoms with Gasteiger partial charge in [0, 0.05) is 19.1 Å². The van der Waals surface area contributed by atoms with E-state index in [4.69, 9.17) is 8.85 Å². The minimum Gasteiger partial charge on any atom is -0.417 e. The molecule has 12 heavy (non-hydrogen) atoms. The van der Waals surface area contributed by atoms with Gasteiger partial charge in [-0.3, -0.25) is 0 Å². The molecule has 0 aromatic heterocycles. The molecule has 0 amide bonds. The standard InChI is InChI=1S/C8H20O2Si2/c1-8(6-9-11(2)3)7-10-12(4)5/h8H,6-7H2,1-5H3. The van der Waals surface area contributed by atoms with Crippen molar-refractivity contribution in [1.29, 1.82) is 0 Å². The molecule has 0 fully saturated rings. The Bertz CT molecular complexity index is 95.2. The summed E-state index contributed by atoms with van der Waals surface area (Å²) in [5.41, 5.74) is 0. The van der Waals surface area contributed by atoms with Crippen molar-refractivity contribution in [3.8, 4) is 0 Å². The number of hydrogen-bond donors (Lipinski definition) is 0. The maximum atomic E-state index is 5.57. The summed E-state index contributed by atoms with van der Waals surface area (Å²) >= 11 is 0. The van der Waals surface area contributed by atoms with E-state index in [1.165, 1.54) is 0 Å². The fourth-order valence-electron chi connectivity index (χ4n) is 0.666. The third-order valence-corrected chi connectivity index (χ3v) is 2.80. The predicted molar refractivity (Wildman–Crippen MR) is 56.0 cm³/mol. The van der Waals surface area contributed by atoms with Crippen LogP contribution in [0.5, 0.6) is 0 Å². The van der Waals surface area contributed by atoms with Crippen molar-refractivity contribution < 1.29 is 8.85 Å². The summed E-state index contributed by atoms with van der Waals surface area (Å²) in [7, 11) is -1.03. The zero-order valence-electron chi connectivity index (χ0n) is 8.81. The van der Waals surface area contributed by atoms with Gasteiger partial charge >= 0.3 is 0 Å². The molecule has 0 N–H and O–H groups in total. The van der Waals surface area contributed by atoms with E-state index in [-0.39, 0.29) is 0 Å². The van der Waals surface area contributed by atoms with Crippen LogP contribution in [0.25, 0.3) is 0 Å². The summed E-state index contributed by atoms with van der Waals surface area (Å²) < 4.78 is 11.1. The summed E-state index contributed by atoms with van der Waals surface area (Å²) in [5, 5.41) is 0. The first kappa shape index (κ1) is 12.4. The van der Waals surface area contributed by atoms with E-state index in [1.54, 1.807) is 0 Å². The number of rotatable bonds is 6. The molecule has 0 heterocycles. The molecule has 0 unspecified atom stereocenters. The predicted octanol–water partition coefficient (Wildman–Crippen LogP) is 2.16. The summed E-state index contributed by atoms with van der Waals surface area (Å²) in [5.74, 6) is 0.546. The minimum absolute atomic E-state index is 0.515. The van der Waals surface area contributed by atoms with Gasteiger partial charge < -0.3 is 8.85 Å². The van der Waals surface area contributed by atoms with Crippen LogP contribution in [0, 0.1) is 5.92 Å². The third kappa shape index (κ3) is 8.45. The Morgan fingerprint density at radius 3 is 1.50 bits per heavy atom. The molecular weight excluding hydrogens is 184 g/mol. The molecule has 0 saturated carbocycles. The zero-order chi connectivity index (χ0) is 9.56. The minimum atomic E-state index is -0.515. The highest BCUT2D eigenvalue weighted by molar-refractivity contribution is 6.48. The van der Waals surface area contributed by atoms with Crippen LogP contribution in [0.2, 0.25) is 26.2 Å². The van der Waals surface area contributed by atoms with Gasteiger partial charge in [0.05, 0.1) is 0 Å². The van der Waals surface area contributed by atoms with Crippen LogP contribution in [0.15, 0.2) is 0 Å². The van der Waals surface area contributed by atoms with Crippen LogP contribution >= 0.6 is 0 Å². The molecule has 0 atom stereocenters. The molecule has 0 saturated heterocycles. The molecule has 0 bridgehead atoms. The highest BCUT2D eigenvalue weighted by atomic mass is 28.3. The lowest BCUT2D eigenvalue weighted by Crippen LogP contribution is -2.21. The SMILES string of the molecule is CC(CO[Si](C)C)CO[Si](C)C. The fourth-order valence-corrected chi connectivity index (χ4v) is 1.90. The topological polar surface area (TPSA) is 18.5 Å². The average Bonchev–Trinajstić information content (AvgIpc) is 1.96. The maximum Gasteiger partial charge on any atom is 0.204 e. The van der Waals surface area contributed by atoms with E-state index in [2.05, 4.69) is 33.1 Å². The van der Waals surface area contributed by atoms with Crippen molar-refractivity contribution in [2.24, 2.45) is 5.92 Å². The van der Waals surface area contributed by atoms with Crippen molar-refractivity contribution in [2.75, 3.05) is 13.2 Å². The van der Waals surface area contributed by atoms with E-state index in [9.17, 15) is 0 Å². The van der Waals surface area contributed by atoms with E-state index in [0.717, 1.165) is 13.2 Å². The Hall–Kier alpha value is 0.354. The molecule has 0 aromatic carbocycles.